The number of thioether (sulfide) groups is 1. The molecular weight excluding hydrogens is 384 g/mol. The van der Waals surface area contributed by atoms with Crippen molar-refractivity contribution in [2.45, 2.75) is 17.2 Å². The summed E-state index contributed by atoms with van der Waals surface area (Å²) < 4.78 is 5.88. The Balaban J connectivity index is 1.59. The summed E-state index contributed by atoms with van der Waals surface area (Å²) in [5.74, 6) is -0.834. The van der Waals surface area contributed by atoms with Gasteiger partial charge in [0.15, 0.2) is 5.58 Å². The monoisotopic (exact) mass is 398 g/mol. The van der Waals surface area contributed by atoms with Gasteiger partial charge in [-0.2, -0.15) is 0 Å². The highest BCUT2D eigenvalue weighted by atomic mass is 32.2. The number of thiophene rings is 1. The molecule has 0 spiro atoms. The second-order valence-corrected chi connectivity index (χ2v) is 7.98. The molecule has 9 heteroatoms. The van der Waals surface area contributed by atoms with Gasteiger partial charge in [0.2, 0.25) is 5.91 Å². The van der Waals surface area contributed by atoms with Crippen LogP contribution in [0.4, 0.5) is 5.00 Å². The molecule has 0 saturated heterocycles. The molecule has 0 aliphatic carbocycles. The molecule has 136 valence electrons. The summed E-state index contributed by atoms with van der Waals surface area (Å²) in [5.41, 5.74) is 7.60. The van der Waals surface area contributed by atoms with Crippen molar-refractivity contribution in [3.63, 3.8) is 0 Å². The summed E-state index contributed by atoms with van der Waals surface area (Å²) >= 11 is 2.51. The first-order valence-corrected chi connectivity index (χ1v) is 9.77. The fourth-order valence-corrected chi connectivity index (χ4v) is 4.27. The molecule has 27 heavy (non-hydrogen) atoms. The molecule has 3 aromatic heterocycles. The molecule has 0 bridgehead atoms. The van der Waals surface area contributed by atoms with E-state index in [1.54, 1.807) is 18.4 Å². The number of carbonyl (C=O) groups excluding carboxylic acids is 2. The van der Waals surface area contributed by atoms with Crippen LogP contribution in [0.25, 0.3) is 22.1 Å². The van der Waals surface area contributed by atoms with E-state index in [0.717, 1.165) is 11.0 Å². The normalized spacial score (nSPS) is 12.3. The number of aromatic nitrogens is 2. The second kappa shape index (κ2) is 7.01. The van der Waals surface area contributed by atoms with Crippen molar-refractivity contribution in [3.05, 3.63) is 47.6 Å². The number of para-hydroxylation sites is 1. The van der Waals surface area contributed by atoms with Gasteiger partial charge in [-0.25, -0.2) is 9.97 Å². The Morgan fingerprint density at radius 3 is 2.89 bits per heavy atom. The number of carbonyl (C=O) groups is 2. The number of hydrogen-bond acceptors (Lipinski definition) is 7. The highest BCUT2D eigenvalue weighted by Crippen LogP contribution is 2.34. The quantitative estimate of drug-likeness (QED) is 0.392. The summed E-state index contributed by atoms with van der Waals surface area (Å²) in [6, 6.07) is 9.19. The minimum absolute atomic E-state index is 0.257. The van der Waals surface area contributed by atoms with Gasteiger partial charge in [-0.3, -0.25) is 9.59 Å². The van der Waals surface area contributed by atoms with Gasteiger partial charge < -0.3 is 15.5 Å². The maximum Gasteiger partial charge on any atom is 0.251 e. The lowest BCUT2D eigenvalue weighted by molar-refractivity contribution is -0.115. The van der Waals surface area contributed by atoms with Crippen molar-refractivity contribution in [1.82, 2.24) is 9.97 Å². The maximum absolute atomic E-state index is 12.5. The Bertz CT molecular complexity index is 1170. The molecule has 2 amide bonds. The maximum atomic E-state index is 12.5. The van der Waals surface area contributed by atoms with Gasteiger partial charge in [0.25, 0.3) is 5.91 Å². The van der Waals surface area contributed by atoms with Gasteiger partial charge in [-0.05, 0) is 30.5 Å². The van der Waals surface area contributed by atoms with Crippen LogP contribution in [0, 0.1) is 0 Å². The van der Waals surface area contributed by atoms with E-state index < -0.39 is 11.2 Å². The molecule has 7 nitrogen and oxygen atoms in total. The standard InChI is InChI=1S/C18H14N4O3S2/c1-9(16(24)22-17-11(15(19)23)6-7-26-17)27-18-14-13(20-8-21-18)10-4-2-3-5-12(10)25-14/h2-9H,1H3,(H2,19,23)(H,22,24)/t9-/m1/s1. The first kappa shape index (κ1) is 17.5. The largest absolute Gasteiger partial charge is 0.451 e. The van der Waals surface area contributed by atoms with Gasteiger partial charge in [-0.1, -0.05) is 23.9 Å². The number of fused-ring (bicyclic) bond motifs is 3. The van der Waals surface area contributed by atoms with Crippen LogP contribution in [0.1, 0.15) is 17.3 Å². The van der Waals surface area contributed by atoms with E-state index >= 15 is 0 Å². The molecule has 1 aromatic carbocycles. The van der Waals surface area contributed by atoms with Gasteiger partial charge in [0, 0.05) is 5.39 Å². The summed E-state index contributed by atoms with van der Waals surface area (Å²) in [7, 11) is 0. The number of benzene rings is 1. The average Bonchev–Trinajstić information content (AvgIpc) is 3.26. The van der Waals surface area contributed by atoms with Crippen molar-refractivity contribution in [2.75, 3.05) is 5.32 Å². The highest BCUT2D eigenvalue weighted by molar-refractivity contribution is 8.00. The Morgan fingerprint density at radius 2 is 2.07 bits per heavy atom. The van der Waals surface area contributed by atoms with E-state index in [2.05, 4.69) is 15.3 Å². The third-order valence-electron chi connectivity index (χ3n) is 3.95. The van der Waals surface area contributed by atoms with E-state index in [0.29, 0.717) is 26.7 Å². The highest BCUT2D eigenvalue weighted by Gasteiger charge is 2.21. The lowest BCUT2D eigenvalue weighted by atomic mass is 10.2. The van der Waals surface area contributed by atoms with Crippen LogP contribution in [0.3, 0.4) is 0 Å². The molecule has 3 N–H and O–H groups in total. The number of nitrogens with zero attached hydrogens (tertiary/aromatic N) is 2. The van der Waals surface area contributed by atoms with Gasteiger partial charge in [0.1, 0.15) is 27.5 Å². The van der Waals surface area contributed by atoms with Crippen LogP contribution in [0.15, 0.2) is 51.5 Å². The molecule has 4 aromatic rings. The Labute approximate surface area is 162 Å². The minimum atomic E-state index is -0.577. The third kappa shape index (κ3) is 3.26. The van der Waals surface area contributed by atoms with Crippen LogP contribution < -0.4 is 11.1 Å². The summed E-state index contributed by atoms with van der Waals surface area (Å²) in [6.07, 6.45) is 1.46. The van der Waals surface area contributed by atoms with Crippen LogP contribution in [0.2, 0.25) is 0 Å². The van der Waals surface area contributed by atoms with E-state index in [4.69, 9.17) is 10.2 Å². The van der Waals surface area contributed by atoms with E-state index in [-0.39, 0.29) is 5.91 Å². The van der Waals surface area contributed by atoms with Gasteiger partial charge >= 0.3 is 0 Å². The first-order valence-electron chi connectivity index (χ1n) is 8.01. The molecule has 4 rings (SSSR count). The lowest BCUT2D eigenvalue weighted by Crippen LogP contribution is -2.23. The molecule has 0 fully saturated rings. The van der Waals surface area contributed by atoms with Crippen LogP contribution in [-0.2, 0) is 4.79 Å². The topological polar surface area (TPSA) is 111 Å². The van der Waals surface area contributed by atoms with Crippen molar-refractivity contribution in [2.24, 2.45) is 5.73 Å². The lowest BCUT2D eigenvalue weighted by Gasteiger charge is -2.11. The number of hydrogen-bond donors (Lipinski definition) is 2. The smallest absolute Gasteiger partial charge is 0.251 e. The second-order valence-electron chi connectivity index (χ2n) is 5.73. The molecule has 1 atom stereocenters. The molecule has 0 unspecified atom stereocenters. The molecule has 0 saturated carbocycles. The number of rotatable bonds is 5. The predicted octanol–water partition coefficient (Wildman–Crippen LogP) is 3.66. The summed E-state index contributed by atoms with van der Waals surface area (Å²) in [5, 5.41) is 5.91. The summed E-state index contributed by atoms with van der Waals surface area (Å²) in [4.78, 5) is 32.5. The number of furan rings is 1. The molecule has 0 aliphatic heterocycles. The molecule has 0 aliphatic rings. The fraction of sp³-hybridized carbons (Fsp3) is 0.111. The fourth-order valence-electron chi connectivity index (χ4n) is 2.62. The molecule has 3 heterocycles. The number of anilines is 1. The van der Waals surface area contributed by atoms with Crippen molar-refractivity contribution >= 4 is 62.0 Å². The Morgan fingerprint density at radius 1 is 1.26 bits per heavy atom. The minimum Gasteiger partial charge on any atom is -0.451 e. The average molecular weight is 398 g/mol. The van der Waals surface area contributed by atoms with Crippen LogP contribution >= 0.6 is 23.1 Å². The number of nitrogens with two attached hydrogens (primary N) is 1. The van der Waals surface area contributed by atoms with Crippen molar-refractivity contribution in [3.8, 4) is 0 Å². The summed E-state index contributed by atoms with van der Waals surface area (Å²) in [6.45, 7) is 1.76. The Hall–Kier alpha value is -2.91. The van der Waals surface area contributed by atoms with Crippen LogP contribution in [0.5, 0.6) is 0 Å². The zero-order chi connectivity index (χ0) is 19.0. The zero-order valence-corrected chi connectivity index (χ0v) is 15.8. The SMILES string of the molecule is C[C@@H](Sc1ncnc2c1oc1ccccc12)C(=O)Nc1sccc1C(N)=O. The predicted molar refractivity (Wildman–Crippen MR) is 106 cm³/mol. The third-order valence-corrected chi connectivity index (χ3v) is 5.86. The van der Waals surface area contributed by atoms with Gasteiger partial charge in [-0.15, -0.1) is 11.3 Å². The van der Waals surface area contributed by atoms with Crippen molar-refractivity contribution in [1.29, 1.82) is 0 Å². The molecular formula is C18H14N4O3S2. The number of nitrogens with one attached hydrogen (secondary N) is 1. The first-order chi connectivity index (χ1) is 13.0. The van der Waals surface area contributed by atoms with Crippen molar-refractivity contribution < 1.29 is 14.0 Å². The number of primary amides is 1. The van der Waals surface area contributed by atoms with E-state index in [1.165, 1.54) is 29.4 Å². The zero-order valence-electron chi connectivity index (χ0n) is 14.1. The van der Waals surface area contributed by atoms with E-state index in [9.17, 15) is 9.59 Å². The molecule has 0 radical (unpaired) electrons. The van der Waals surface area contributed by atoms with Gasteiger partial charge in [0.05, 0.1) is 10.8 Å². The Kier molecular flexibility index (Phi) is 4.54. The van der Waals surface area contributed by atoms with Crippen LogP contribution in [-0.4, -0.2) is 27.0 Å². The van der Waals surface area contributed by atoms with E-state index in [1.807, 2.05) is 24.3 Å². The number of amides is 2.